The zero-order chi connectivity index (χ0) is 96.9. The predicted molar refractivity (Wildman–Crippen MR) is 616 cm³/mol. The van der Waals surface area contributed by atoms with Crippen LogP contribution in [0.4, 0.5) is 0 Å². The van der Waals surface area contributed by atoms with Gasteiger partial charge in [0.1, 0.15) is 29.1 Å². The monoisotopic (exact) mass is 1890 g/mol. The van der Waals surface area contributed by atoms with Gasteiger partial charge in [0, 0.05) is 130 Å². The van der Waals surface area contributed by atoms with Crippen molar-refractivity contribution < 1.29 is 0 Å². The van der Waals surface area contributed by atoms with E-state index in [0.717, 1.165) is 118 Å². The van der Waals surface area contributed by atoms with E-state index in [-0.39, 0.29) is 0 Å². The lowest BCUT2D eigenvalue weighted by Crippen LogP contribution is -2.03. The molecule has 33 aromatic rings. The molecule has 0 radical (unpaired) electrons. The van der Waals surface area contributed by atoms with Gasteiger partial charge in [-0.1, -0.05) is 303 Å². The number of fused-ring (bicyclic) bond motifs is 30. The average molecular weight is 1890 g/mol. The van der Waals surface area contributed by atoms with Gasteiger partial charge in [0.25, 0.3) is 0 Å². The van der Waals surface area contributed by atoms with E-state index in [1.165, 1.54) is 157 Å². The van der Waals surface area contributed by atoms with Crippen LogP contribution in [0.3, 0.4) is 0 Å². The van der Waals surface area contributed by atoms with Crippen LogP contribution in [0.5, 0.6) is 0 Å². The Hall–Kier alpha value is -20.2. The van der Waals surface area contributed by atoms with E-state index in [1.54, 1.807) is 0 Å². The molecule has 0 fully saturated rings. The molecule has 20 aromatic carbocycles. The molecule has 690 valence electrons. The molecule has 13 nitrogen and oxygen atoms in total. The number of aromatic nitrogens is 13. The van der Waals surface area contributed by atoms with Gasteiger partial charge in [-0.05, 0) is 206 Å². The Kier molecular flexibility index (Phi) is 18.2. The summed E-state index contributed by atoms with van der Waals surface area (Å²) in [5, 5.41) is 24.6. The van der Waals surface area contributed by atoms with Gasteiger partial charge in [0.05, 0.1) is 122 Å². The van der Waals surface area contributed by atoms with Crippen molar-refractivity contribution in [2.45, 2.75) is 0 Å². The molecule has 13 aromatic heterocycles. The normalized spacial score (nSPS) is 12.1. The van der Waals surface area contributed by atoms with Gasteiger partial charge >= 0.3 is 0 Å². The topological polar surface area (TPSA) is 88.0 Å². The van der Waals surface area contributed by atoms with E-state index in [4.69, 9.17) is 15.0 Å². The van der Waals surface area contributed by atoms with E-state index >= 15 is 0 Å². The molecule has 13 heteroatoms. The van der Waals surface area contributed by atoms with Gasteiger partial charge in [-0.25, -0.2) is 15.0 Å². The summed E-state index contributed by atoms with van der Waals surface area (Å²) in [6.45, 7) is 0. The van der Waals surface area contributed by atoms with Crippen LogP contribution in [0.25, 0.3) is 276 Å². The fraction of sp³-hybridized carbons (Fsp3) is 0. The van der Waals surface area contributed by atoms with Crippen LogP contribution in [0.2, 0.25) is 0 Å². The number of hydrogen-bond acceptors (Lipinski definition) is 3. The highest BCUT2D eigenvalue weighted by atomic mass is 15.2. The van der Waals surface area contributed by atoms with E-state index in [9.17, 15) is 0 Å². The molecule has 33 rings (SSSR count). The van der Waals surface area contributed by atoms with Crippen molar-refractivity contribution in [2.24, 2.45) is 0 Å². The van der Waals surface area contributed by atoms with Crippen LogP contribution < -0.4 is 0 Å². The Morgan fingerprint density at radius 3 is 0.432 bits per heavy atom. The van der Waals surface area contributed by atoms with Crippen molar-refractivity contribution >= 4 is 218 Å². The first kappa shape index (κ1) is 82.6. The van der Waals surface area contributed by atoms with Crippen molar-refractivity contribution in [1.29, 1.82) is 0 Å². The summed E-state index contributed by atoms with van der Waals surface area (Å²) in [7, 11) is 0. The zero-order valence-electron chi connectivity index (χ0n) is 79.9. The van der Waals surface area contributed by atoms with Crippen LogP contribution >= 0.6 is 0 Å². The fourth-order valence-electron chi connectivity index (χ4n) is 24.5. The van der Waals surface area contributed by atoms with Crippen molar-refractivity contribution in [3.05, 3.63) is 516 Å². The third-order valence-corrected chi connectivity index (χ3v) is 30.7. The molecule has 0 saturated carbocycles. The van der Waals surface area contributed by atoms with E-state index in [1.807, 2.05) is 6.20 Å². The van der Waals surface area contributed by atoms with Crippen LogP contribution in [0.1, 0.15) is 0 Å². The standard InChI is InChI=1S/C53H33N5.2C41H26N4/c1-7-20-44-36(14-1)37-15-2-8-21-45(37)55(44)34-28-30-50-42(32-34)43-33-35(56-46-22-9-3-16-38(46)39-17-4-10-23-47(39)56)29-31-51(43)58(50)53-27-13-26-52(54-53)57-48-24-11-5-18-40(48)41-19-6-12-25-49(41)57;1-6-16-35-29(11-1)30-12-2-7-17-36(30)43(35)27-21-23-40-34(25-27)33-15-5-8-18-37(33)44(40)28-22-24-41(42-26-28)45-38-19-9-3-13-31(38)32-14-4-10-20-39(32)45;1-6-17-34-28(12-1)29-13-2-7-18-35(29)43(34)27-24-25-39-33(26-27)32-16-5-10-21-38(32)45(39)41-23-11-22-40(42-41)44-36-19-8-3-14-30(36)31-15-4-9-20-37(31)44/h1-33H;2*1-26H. The average Bonchev–Trinajstić information content (AvgIpc) is 1.56. The summed E-state index contributed by atoms with van der Waals surface area (Å²) in [6, 6.07) is 183. The molecule has 148 heavy (non-hydrogen) atoms. The largest absolute Gasteiger partial charge is 0.309 e. The van der Waals surface area contributed by atoms with Crippen LogP contribution in [0.15, 0.2) is 516 Å². The second-order valence-corrected chi connectivity index (χ2v) is 38.5. The number of pyridine rings is 3. The molecule has 0 aliphatic carbocycles. The summed E-state index contributed by atoms with van der Waals surface area (Å²) in [5.41, 5.74) is 28.9. The molecule has 0 atom stereocenters. The molecular weight excluding hydrogens is 1800 g/mol. The molecule has 0 N–H and O–H groups in total. The SMILES string of the molecule is c1cc(-n2c3ccccc3c3ccccc32)nc(-n2c3ccc(-n4c5ccccc5c5ccccc54)cc3c3cc(-n4c5ccccc5c5ccccc54)ccc32)c1.c1cc(-n2c3ccccc3c3ccccc32)nc(-n2c3ccccc3c3cc(-n4c5ccccc5c5ccccc54)ccc32)c1.c1ccc2c(c1)c1ccccc1n2-c1ccc2c(c1)c1ccccc1n2-c1ccc(-n2c3ccccc3c3ccccc32)nc1. The van der Waals surface area contributed by atoms with Gasteiger partial charge in [0.15, 0.2) is 0 Å². The Balaban J connectivity index is 0.000000102. The predicted octanol–water partition coefficient (Wildman–Crippen LogP) is 34.2. The molecule has 0 bridgehead atoms. The first-order valence-electron chi connectivity index (χ1n) is 50.5. The summed E-state index contributed by atoms with van der Waals surface area (Å²) in [5.74, 6) is 4.45. The van der Waals surface area contributed by atoms with Crippen molar-refractivity contribution in [3.8, 4) is 57.5 Å². The number of rotatable bonds is 10. The maximum atomic E-state index is 5.48. The minimum Gasteiger partial charge on any atom is -0.309 e. The minimum atomic E-state index is 0.869. The second-order valence-electron chi connectivity index (χ2n) is 38.5. The second kappa shape index (κ2) is 32.7. The van der Waals surface area contributed by atoms with Crippen LogP contribution in [0, 0.1) is 0 Å². The molecule has 0 amide bonds. The minimum absolute atomic E-state index is 0.869. The molecular formula is C135H85N13. The Bertz CT molecular complexity index is 10800. The highest BCUT2D eigenvalue weighted by Gasteiger charge is 2.27. The maximum Gasteiger partial charge on any atom is 0.140 e. The van der Waals surface area contributed by atoms with E-state index in [0.29, 0.717) is 0 Å². The quantitative estimate of drug-likeness (QED) is 0.137. The van der Waals surface area contributed by atoms with Gasteiger partial charge in [-0.3, -0.25) is 22.8 Å². The molecule has 0 unspecified atom stereocenters. The van der Waals surface area contributed by atoms with Gasteiger partial charge in [0.2, 0.25) is 0 Å². The van der Waals surface area contributed by atoms with Crippen molar-refractivity contribution in [2.75, 3.05) is 0 Å². The third kappa shape index (κ3) is 12.4. The van der Waals surface area contributed by atoms with Crippen LogP contribution in [-0.2, 0) is 0 Å². The Morgan fingerprint density at radius 2 is 0.243 bits per heavy atom. The zero-order valence-corrected chi connectivity index (χ0v) is 79.9. The summed E-state index contributed by atoms with van der Waals surface area (Å²) in [4.78, 5) is 15.9. The van der Waals surface area contributed by atoms with Gasteiger partial charge < -0.3 is 22.8 Å². The lowest BCUT2D eigenvalue weighted by atomic mass is 10.1. The van der Waals surface area contributed by atoms with Gasteiger partial charge in [-0.15, -0.1) is 0 Å². The smallest absolute Gasteiger partial charge is 0.140 e. The third-order valence-electron chi connectivity index (χ3n) is 30.7. The molecule has 0 saturated heterocycles. The summed E-state index contributed by atoms with van der Waals surface area (Å²) in [6.07, 6.45) is 2.01. The van der Waals surface area contributed by atoms with E-state index in [2.05, 4.69) is 555 Å². The molecule has 0 aliphatic rings. The first-order valence-corrected chi connectivity index (χ1v) is 50.5. The number of hydrogen-bond donors (Lipinski definition) is 0. The number of benzene rings is 20. The summed E-state index contributed by atoms with van der Waals surface area (Å²) < 4.78 is 23.4. The van der Waals surface area contributed by atoms with Crippen LogP contribution in [-0.4, -0.2) is 60.6 Å². The Labute approximate surface area is 846 Å². The fourth-order valence-corrected chi connectivity index (χ4v) is 24.5. The molecule has 0 spiro atoms. The lowest BCUT2D eigenvalue weighted by Gasteiger charge is -2.12. The number of para-hydroxylation sites is 16. The summed E-state index contributed by atoms with van der Waals surface area (Å²) >= 11 is 0. The van der Waals surface area contributed by atoms with Crippen molar-refractivity contribution in [3.63, 3.8) is 0 Å². The lowest BCUT2D eigenvalue weighted by molar-refractivity contribution is 1.01. The number of nitrogens with zero attached hydrogens (tertiary/aromatic N) is 13. The molecule has 13 heterocycles. The van der Waals surface area contributed by atoms with Crippen molar-refractivity contribution in [1.82, 2.24) is 60.6 Å². The van der Waals surface area contributed by atoms with Gasteiger partial charge in [-0.2, -0.15) is 0 Å². The van der Waals surface area contributed by atoms with E-state index < -0.39 is 0 Å². The first-order chi connectivity index (χ1) is 73.5. The maximum absolute atomic E-state index is 5.48. The highest BCUT2D eigenvalue weighted by Crippen LogP contribution is 2.46. The molecule has 0 aliphatic heterocycles. The highest BCUT2D eigenvalue weighted by molar-refractivity contribution is 6.19. The Morgan fingerprint density at radius 1 is 0.101 bits per heavy atom.